The van der Waals surface area contributed by atoms with E-state index in [9.17, 15) is 14.4 Å². The molecule has 0 radical (unpaired) electrons. The van der Waals surface area contributed by atoms with Gasteiger partial charge in [0.1, 0.15) is 17.4 Å². The maximum Gasteiger partial charge on any atom is 0.333 e. The van der Waals surface area contributed by atoms with Crippen LogP contribution in [0.3, 0.4) is 0 Å². The molecule has 1 unspecified atom stereocenters. The minimum atomic E-state index is -0.303. The van der Waals surface area contributed by atoms with E-state index in [1.54, 1.807) is 31.3 Å². The lowest BCUT2D eigenvalue weighted by Crippen LogP contribution is -2.22. The van der Waals surface area contributed by atoms with Crippen molar-refractivity contribution in [2.75, 3.05) is 6.61 Å². The molecule has 0 amide bonds. The van der Waals surface area contributed by atoms with Crippen LogP contribution in [0.2, 0.25) is 0 Å². The molecular formula is C33H38N2O5S. The Kier molecular flexibility index (Phi) is 12.7. The van der Waals surface area contributed by atoms with E-state index in [2.05, 4.69) is 4.98 Å². The van der Waals surface area contributed by atoms with Gasteiger partial charge in [-0.15, -0.1) is 11.3 Å². The van der Waals surface area contributed by atoms with E-state index in [0.29, 0.717) is 31.5 Å². The molecule has 3 aromatic rings. The smallest absolute Gasteiger partial charge is 0.333 e. The van der Waals surface area contributed by atoms with E-state index in [0.717, 1.165) is 52.4 Å². The summed E-state index contributed by atoms with van der Waals surface area (Å²) in [5, 5.41) is 2.86. The number of nitrogens with zero attached hydrogens (tertiary/aromatic N) is 1. The number of aromatic nitrogens is 1. The van der Waals surface area contributed by atoms with Crippen molar-refractivity contribution in [3.63, 3.8) is 0 Å². The van der Waals surface area contributed by atoms with Gasteiger partial charge in [-0.1, -0.05) is 48.9 Å². The van der Waals surface area contributed by atoms with Gasteiger partial charge in [-0.3, -0.25) is 9.59 Å². The number of nitrogens with two attached hydrogens (primary N) is 1. The summed E-state index contributed by atoms with van der Waals surface area (Å²) in [6, 6.07) is 17.9. The number of ether oxygens (including phenoxy) is 2. The third-order valence-electron chi connectivity index (χ3n) is 6.53. The maximum atomic E-state index is 11.8. The largest absolute Gasteiger partial charge is 0.489 e. The highest BCUT2D eigenvalue weighted by Gasteiger charge is 2.23. The average molecular weight is 575 g/mol. The van der Waals surface area contributed by atoms with Crippen LogP contribution >= 0.6 is 11.3 Å². The molecule has 1 aromatic heterocycles. The second-order valence-electron chi connectivity index (χ2n) is 9.92. The van der Waals surface area contributed by atoms with Crippen LogP contribution in [0, 0.1) is 5.92 Å². The summed E-state index contributed by atoms with van der Waals surface area (Å²) >= 11 is 1.54. The fourth-order valence-corrected chi connectivity index (χ4v) is 4.83. The van der Waals surface area contributed by atoms with Gasteiger partial charge >= 0.3 is 5.97 Å². The fraction of sp³-hybridized carbons (Fsp3) is 0.333. The Labute approximate surface area is 246 Å². The van der Waals surface area contributed by atoms with E-state index in [1.807, 2.05) is 73.0 Å². The normalized spacial score (nSPS) is 14.2. The lowest BCUT2D eigenvalue weighted by atomic mass is 9.83. The van der Waals surface area contributed by atoms with E-state index < -0.39 is 0 Å². The second kappa shape index (κ2) is 16.4. The summed E-state index contributed by atoms with van der Waals surface area (Å²) in [5.41, 5.74) is 11.0. The quantitative estimate of drug-likeness (QED) is 0.0873. The van der Waals surface area contributed by atoms with Gasteiger partial charge in [0, 0.05) is 16.9 Å². The zero-order valence-electron chi connectivity index (χ0n) is 23.9. The predicted molar refractivity (Wildman–Crippen MR) is 162 cm³/mol. The molecule has 0 aliphatic heterocycles. The zero-order valence-corrected chi connectivity index (χ0v) is 24.7. The number of aldehydes is 1. The van der Waals surface area contributed by atoms with Crippen LogP contribution in [-0.4, -0.2) is 29.6 Å². The van der Waals surface area contributed by atoms with Crippen molar-refractivity contribution in [3.05, 3.63) is 99.0 Å². The van der Waals surface area contributed by atoms with Crippen molar-refractivity contribution >= 4 is 35.5 Å². The van der Waals surface area contributed by atoms with Gasteiger partial charge in [-0.25, -0.2) is 9.78 Å². The first-order chi connectivity index (χ1) is 19.8. The summed E-state index contributed by atoms with van der Waals surface area (Å²) in [6.07, 6.45) is 7.84. The highest BCUT2D eigenvalue weighted by molar-refractivity contribution is 7.09. The van der Waals surface area contributed by atoms with Crippen molar-refractivity contribution in [2.24, 2.45) is 11.7 Å². The average Bonchev–Trinajstić information content (AvgIpc) is 3.41. The molecule has 1 saturated carbocycles. The summed E-state index contributed by atoms with van der Waals surface area (Å²) in [4.78, 5) is 36.6. The molecule has 1 fully saturated rings. The molecule has 216 valence electrons. The number of thiazole rings is 1. The number of carbonyl (C=O) groups is 3. The standard InChI is InChI=1S/C27H30N2O3S.C6H8O2/c1-4-31-27(30)20(3)14-19(2)15-23-18-33-26(29-23)25(28)16-21-10-12-24(13-11-21)32-17-22-8-6-5-7-9-22;7-4-6(8)5-2-1-3-5/h5-15,18,25H,4,16-17,28H2,1-3H3;4-5H,1-3H2/b19-15+,20-14-;. The van der Waals surface area contributed by atoms with Crippen LogP contribution in [0.1, 0.15) is 67.9 Å². The lowest BCUT2D eigenvalue weighted by Gasteiger charge is -2.20. The Morgan fingerprint density at radius 2 is 1.78 bits per heavy atom. The molecule has 7 nitrogen and oxygen atoms in total. The van der Waals surface area contributed by atoms with Crippen LogP contribution in [0.5, 0.6) is 5.75 Å². The van der Waals surface area contributed by atoms with E-state index >= 15 is 0 Å². The third-order valence-corrected chi connectivity index (χ3v) is 7.52. The molecule has 4 rings (SSSR count). The number of hydrogen-bond acceptors (Lipinski definition) is 8. The number of allylic oxidation sites excluding steroid dienone is 2. The van der Waals surface area contributed by atoms with Crippen molar-refractivity contribution in [1.82, 2.24) is 4.98 Å². The SMILES string of the molecule is CCOC(=O)/C(C)=C\C(C)=C\c1csc(C(N)Cc2ccc(OCc3ccccc3)cc2)n1.O=CC(=O)C1CCC1. The van der Waals surface area contributed by atoms with Crippen molar-refractivity contribution < 1.29 is 23.9 Å². The molecule has 1 heterocycles. The van der Waals surface area contributed by atoms with Gasteiger partial charge in [0.25, 0.3) is 0 Å². The number of rotatable bonds is 12. The molecule has 1 aliphatic carbocycles. The second-order valence-corrected chi connectivity index (χ2v) is 10.8. The number of ketones is 1. The highest BCUT2D eigenvalue weighted by atomic mass is 32.1. The zero-order chi connectivity index (χ0) is 29.6. The van der Waals surface area contributed by atoms with E-state index in [1.165, 1.54) is 0 Å². The first-order valence-electron chi connectivity index (χ1n) is 13.8. The van der Waals surface area contributed by atoms with Gasteiger partial charge in [0.05, 0.1) is 18.3 Å². The Morgan fingerprint density at radius 3 is 2.37 bits per heavy atom. The van der Waals surface area contributed by atoms with Gasteiger partial charge < -0.3 is 15.2 Å². The van der Waals surface area contributed by atoms with Gasteiger partial charge in [-0.05, 0) is 81.0 Å². The number of esters is 1. The molecular weight excluding hydrogens is 536 g/mol. The minimum Gasteiger partial charge on any atom is -0.489 e. The topological polar surface area (TPSA) is 109 Å². The maximum absolute atomic E-state index is 11.8. The Bertz CT molecular complexity index is 1340. The van der Waals surface area contributed by atoms with Crippen LogP contribution in [0.4, 0.5) is 0 Å². The van der Waals surface area contributed by atoms with Crippen LogP contribution < -0.4 is 10.5 Å². The monoisotopic (exact) mass is 574 g/mol. The van der Waals surface area contributed by atoms with Crippen LogP contribution in [-0.2, 0) is 32.1 Å². The molecule has 2 N–H and O–H groups in total. The fourth-order valence-electron chi connectivity index (χ4n) is 4.05. The molecule has 41 heavy (non-hydrogen) atoms. The Hall–Kier alpha value is -3.88. The first-order valence-corrected chi connectivity index (χ1v) is 14.7. The Morgan fingerprint density at radius 1 is 1.07 bits per heavy atom. The van der Waals surface area contributed by atoms with Gasteiger partial charge in [0.15, 0.2) is 12.1 Å². The lowest BCUT2D eigenvalue weighted by molar-refractivity contribution is -0.138. The predicted octanol–water partition coefficient (Wildman–Crippen LogP) is 6.43. The number of Topliss-reactive ketones (excluding diaryl/α,β-unsaturated/α-hetero) is 1. The van der Waals surface area contributed by atoms with Crippen molar-refractivity contribution in [3.8, 4) is 5.75 Å². The van der Waals surface area contributed by atoms with Gasteiger partial charge in [-0.2, -0.15) is 0 Å². The summed E-state index contributed by atoms with van der Waals surface area (Å²) in [6.45, 7) is 6.38. The first kappa shape index (κ1) is 31.6. The highest BCUT2D eigenvalue weighted by Crippen LogP contribution is 2.26. The third kappa shape index (κ3) is 10.6. The number of carbonyl (C=O) groups excluding carboxylic acids is 3. The van der Waals surface area contributed by atoms with E-state index in [4.69, 9.17) is 15.2 Å². The molecule has 0 saturated heterocycles. The van der Waals surface area contributed by atoms with E-state index in [-0.39, 0.29) is 23.7 Å². The molecule has 1 atom stereocenters. The van der Waals surface area contributed by atoms with Crippen LogP contribution in [0.25, 0.3) is 6.08 Å². The summed E-state index contributed by atoms with van der Waals surface area (Å²) < 4.78 is 10.9. The number of benzene rings is 2. The molecule has 8 heteroatoms. The molecule has 0 bridgehead atoms. The molecule has 1 aliphatic rings. The molecule has 0 spiro atoms. The molecule has 2 aromatic carbocycles. The minimum absolute atomic E-state index is 0.0903. The van der Waals surface area contributed by atoms with Crippen LogP contribution in [0.15, 0.2) is 77.2 Å². The summed E-state index contributed by atoms with van der Waals surface area (Å²) in [5.74, 6) is 0.408. The van der Waals surface area contributed by atoms with Gasteiger partial charge in [0.2, 0.25) is 0 Å². The van der Waals surface area contributed by atoms with Crippen molar-refractivity contribution in [2.45, 2.75) is 59.1 Å². The summed E-state index contributed by atoms with van der Waals surface area (Å²) in [7, 11) is 0. The van der Waals surface area contributed by atoms with Crippen molar-refractivity contribution in [1.29, 1.82) is 0 Å². The Balaban J connectivity index is 0.000000496. The number of hydrogen-bond donors (Lipinski definition) is 1.